The van der Waals surface area contributed by atoms with E-state index in [0.717, 1.165) is 27.4 Å². The van der Waals surface area contributed by atoms with Crippen LogP contribution in [0.1, 0.15) is 36.6 Å². The fraction of sp³-hybridized carbons (Fsp3) is 0.0323. The van der Waals surface area contributed by atoms with Gasteiger partial charge in [-0.25, -0.2) is 9.58 Å². The highest BCUT2D eigenvalue weighted by atomic mass is 16.2. The standard InChI is InChI=1S/C31H22N4O3/c36-29(22-12-9-15-25(18-22)35-30(37)26-16-7-8-17-27(26)31(35)38)32-19-23-20-34(24-13-5-2-6-14-24)33-28(23)21-10-3-1-4-11-21/h1-18,20H,19H2,(H,32,36). The smallest absolute Gasteiger partial charge is 0.266 e. The predicted octanol–water partition coefficient (Wildman–Crippen LogP) is 5.27. The lowest BCUT2D eigenvalue weighted by Gasteiger charge is -2.15. The predicted molar refractivity (Wildman–Crippen MR) is 144 cm³/mol. The molecule has 3 amide bonds. The minimum absolute atomic E-state index is 0.243. The van der Waals surface area contributed by atoms with Crippen molar-refractivity contribution in [1.82, 2.24) is 15.1 Å². The van der Waals surface area contributed by atoms with Crippen LogP contribution in [0.5, 0.6) is 0 Å². The van der Waals surface area contributed by atoms with Gasteiger partial charge in [0.2, 0.25) is 0 Å². The molecular weight excluding hydrogens is 476 g/mol. The Balaban J connectivity index is 1.25. The quantitative estimate of drug-likeness (QED) is 0.323. The Kier molecular flexibility index (Phi) is 5.86. The number of fused-ring (bicyclic) bond motifs is 1. The van der Waals surface area contributed by atoms with E-state index in [2.05, 4.69) is 5.32 Å². The highest BCUT2D eigenvalue weighted by Gasteiger charge is 2.36. The van der Waals surface area contributed by atoms with Gasteiger partial charge in [-0.15, -0.1) is 0 Å². The van der Waals surface area contributed by atoms with E-state index in [4.69, 9.17) is 5.10 Å². The molecule has 7 nitrogen and oxygen atoms in total. The molecule has 0 atom stereocenters. The van der Waals surface area contributed by atoms with Crippen molar-refractivity contribution in [2.24, 2.45) is 0 Å². The second-order valence-corrected chi connectivity index (χ2v) is 8.87. The molecule has 4 aromatic carbocycles. The molecule has 2 heterocycles. The number of nitrogens with zero attached hydrogens (tertiary/aromatic N) is 3. The number of aromatic nitrogens is 2. The minimum atomic E-state index is -0.399. The van der Waals surface area contributed by atoms with Crippen LogP contribution in [0.15, 0.2) is 115 Å². The lowest BCUT2D eigenvalue weighted by molar-refractivity contribution is 0.0919. The number of hydrogen-bond donors (Lipinski definition) is 1. The van der Waals surface area contributed by atoms with Crippen LogP contribution in [-0.4, -0.2) is 27.5 Å². The molecule has 0 bridgehead atoms. The zero-order valence-electron chi connectivity index (χ0n) is 20.2. The van der Waals surface area contributed by atoms with Crippen LogP contribution in [0.4, 0.5) is 5.69 Å². The molecule has 1 aromatic heterocycles. The highest BCUT2D eigenvalue weighted by Crippen LogP contribution is 2.29. The molecule has 7 heteroatoms. The zero-order chi connectivity index (χ0) is 26.1. The van der Waals surface area contributed by atoms with Gasteiger partial charge in [0.05, 0.1) is 28.2 Å². The van der Waals surface area contributed by atoms with Crippen molar-refractivity contribution in [1.29, 1.82) is 0 Å². The second-order valence-electron chi connectivity index (χ2n) is 8.87. The van der Waals surface area contributed by atoms with Crippen molar-refractivity contribution >= 4 is 23.4 Å². The summed E-state index contributed by atoms with van der Waals surface area (Å²) in [5.41, 5.74) is 4.89. The van der Waals surface area contributed by atoms with Crippen LogP contribution in [-0.2, 0) is 6.54 Å². The molecule has 184 valence electrons. The van der Waals surface area contributed by atoms with Crippen LogP contribution in [0.25, 0.3) is 16.9 Å². The van der Waals surface area contributed by atoms with Gasteiger partial charge in [0.15, 0.2) is 0 Å². The van der Waals surface area contributed by atoms with Crippen molar-refractivity contribution in [3.63, 3.8) is 0 Å². The van der Waals surface area contributed by atoms with E-state index in [9.17, 15) is 14.4 Å². The van der Waals surface area contributed by atoms with Crippen molar-refractivity contribution in [2.75, 3.05) is 4.90 Å². The minimum Gasteiger partial charge on any atom is -0.348 e. The molecule has 1 aliphatic rings. The number of benzene rings is 4. The molecule has 0 saturated carbocycles. The number of para-hydroxylation sites is 1. The summed E-state index contributed by atoms with van der Waals surface area (Å²) < 4.78 is 1.80. The molecule has 0 unspecified atom stereocenters. The summed E-state index contributed by atoms with van der Waals surface area (Å²) in [5.74, 6) is -1.12. The lowest BCUT2D eigenvalue weighted by atomic mass is 10.1. The highest BCUT2D eigenvalue weighted by molar-refractivity contribution is 6.34. The summed E-state index contributed by atoms with van der Waals surface area (Å²) in [7, 11) is 0. The molecule has 1 N–H and O–H groups in total. The van der Waals surface area contributed by atoms with E-state index in [0.29, 0.717) is 22.4 Å². The number of carbonyl (C=O) groups excluding carboxylic acids is 3. The zero-order valence-corrected chi connectivity index (χ0v) is 20.2. The van der Waals surface area contributed by atoms with Gasteiger partial charge in [-0.05, 0) is 42.5 Å². The first-order chi connectivity index (χ1) is 18.6. The first kappa shape index (κ1) is 23.1. The Labute approximate surface area is 219 Å². The fourth-order valence-electron chi connectivity index (χ4n) is 4.58. The Morgan fingerprint density at radius 1 is 0.711 bits per heavy atom. The first-order valence-corrected chi connectivity index (χ1v) is 12.2. The number of rotatable bonds is 6. The molecular formula is C31H22N4O3. The summed E-state index contributed by atoms with van der Waals surface area (Å²) in [4.78, 5) is 40.0. The van der Waals surface area contributed by atoms with E-state index in [1.807, 2.05) is 66.9 Å². The number of hydrogen-bond acceptors (Lipinski definition) is 4. The van der Waals surface area contributed by atoms with Gasteiger partial charge in [-0.3, -0.25) is 14.4 Å². The molecule has 6 rings (SSSR count). The average molecular weight is 499 g/mol. The van der Waals surface area contributed by atoms with Gasteiger partial charge >= 0.3 is 0 Å². The van der Waals surface area contributed by atoms with Gasteiger partial charge in [0.25, 0.3) is 17.7 Å². The van der Waals surface area contributed by atoms with E-state index in [-0.39, 0.29) is 12.5 Å². The van der Waals surface area contributed by atoms with Gasteiger partial charge in [0.1, 0.15) is 0 Å². The van der Waals surface area contributed by atoms with Crippen molar-refractivity contribution in [3.05, 3.63) is 138 Å². The Hall–Kier alpha value is -5.30. The molecule has 38 heavy (non-hydrogen) atoms. The second kappa shape index (κ2) is 9.63. The van der Waals surface area contributed by atoms with E-state index in [1.54, 1.807) is 53.2 Å². The number of anilines is 1. The molecule has 1 aliphatic heterocycles. The molecule has 0 saturated heterocycles. The van der Waals surface area contributed by atoms with Crippen LogP contribution in [0.2, 0.25) is 0 Å². The van der Waals surface area contributed by atoms with Gasteiger partial charge in [-0.2, -0.15) is 5.10 Å². The molecule has 0 radical (unpaired) electrons. The summed E-state index contributed by atoms with van der Waals surface area (Å²) in [5, 5.41) is 7.75. The number of carbonyl (C=O) groups is 3. The third-order valence-electron chi connectivity index (χ3n) is 6.46. The normalized spacial score (nSPS) is 12.5. The fourth-order valence-corrected chi connectivity index (χ4v) is 4.58. The maximum absolute atomic E-state index is 13.2. The molecule has 0 fully saturated rings. The summed E-state index contributed by atoms with van der Waals surface area (Å²) in [6.45, 7) is 0.243. The maximum atomic E-state index is 13.2. The van der Waals surface area contributed by atoms with Crippen LogP contribution >= 0.6 is 0 Å². The van der Waals surface area contributed by atoms with Crippen LogP contribution in [0, 0.1) is 0 Å². The lowest BCUT2D eigenvalue weighted by Crippen LogP contribution is -2.30. The Morgan fingerprint density at radius 2 is 1.32 bits per heavy atom. The molecule has 0 aliphatic carbocycles. The van der Waals surface area contributed by atoms with Crippen LogP contribution < -0.4 is 10.2 Å². The Bertz CT molecular complexity index is 1640. The van der Waals surface area contributed by atoms with Crippen LogP contribution in [0.3, 0.4) is 0 Å². The maximum Gasteiger partial charge on any atom is 0.266 e. The summed E-state index contributed by atoms with van der Waals surface area (Å²) >= 11 is 0. The van der Waals surface area contributed by atoms with E-state index < -0.39 is 11.8 Å². The van der Waals surface area contributed by atoms with Gasteiger partial charge in [-0.1, -0.05) is 66.7 Å². The molecule has 0 spiro atoms. The van der Waals surface area contributed by atoms with Crippen molar-refractivity contribution < 1.29 is 14.4 Å². The first-order valence-electron chi connectivity index (χ1n) is 12.2. The largest absolute Gasteiger partial charge is 0.348 e. The molecule has 5 aromatic rings. The monoisotopic (exact) mass is 498 g/mol. The number of imide groups is 1. The Morgan fingerprint density at radius 3 is 2.00 bits per heavy atom. The van der Waals surface area contributed by atoms with Crippen molar-refractivity contribution in [2.45, 2.75) is 6.54 Å². The number of nitrogens with one attached hydrogen (secondary N) is 1. The topological polar surface area (TPSA) is 84.3 Å². The van der Waals surface area contributed by atoms with E-state index >= 15 is 0 Å². The average Bonchev–Trinajstić information content (AvgIpc) is 3.51. The SMILES string of the molecule is O=C(NCc1cn(-c2ccccc2)nc1-c1ccccc1)c1cccc(N2C(=O)c3ccccc3C2=O)c1. The van der Waals surface area contributed by atoms with Gasteiger partial charge < -0.3 is 5.32 Å². The van der Waals surface area contributed by atoms with E-state index in [1.165, 1.54) is 0 Å². The summed E-state index contributed by atoms with van der Waals surface area (Å²) in [6, 6.07) is 32.8. The number of amides is 3. The third kappa shape index (κ3) is 4.16. The third-order valence-corrected chi connectivity index (χ3v) is 6.46. The summed E-state index contributed by atoms with van der Waals surface area (Å²) in [6.07, 6.45) is 1.91. The van der Waals surface area contributed by atoms with Crippen molar-refractivity contribution in [3.8, 4) is 16.9 Å². The van der Waals surface area contributed by atoms with Gasteiger partial charge in [0, 0.05) is 29.4 Å².